The zero-order valence-electron chi connectivity index (χ0n) is 11.6. The van der Waals surface area contributed by atoms with E-state index in [1.54, 1.807) is 31.2 Å². The number of amides is 2. The van der Waals surface area contributed by atoms with Gasteiger partial charge in [0.05, 0.1) is 25.2 Å². The summed E-state index contributed by atoms with van der Waals surface area (Å²) in [5, 5.41) is 3.37. The Labute approximate surface area is 127 Å². The first-order chi connectivity index (χ1) is 9.90. The van der Waals surface area contributed by atoms with Crippen LogP contribution in [0.15, 0.2) is 24.3 Å². The lowest BCUT2D eigenvalue weighted by molar-refractivity contribution is -0.142. The van der Waals surface area contributed by atoms with E-state index in [1.165, 1.54) is 0 Å². The maximum absolute atomic E-state index is 12.1. The predicted molar refractivity (Wildman–Crippen MR) is 77.0 cm³/mol. The van der Waals surface area contributed by atoms with E-state index in [0.29, 0.717) is 10.8 Å². The van der Waals surface area contributed by atoms with Crippen LogP contribution in [0.2, 0.25) is 5.02 Å². The molecule has 1 fully saturated rings. The van der Waals surface area contributed by atoms with Crippen molar-refractivity contribution in [3.8, 4) is 5.75 Å². The zero-order chi connectivity index (χ0) is 15.5. The molecule has 1 atom stereocenters. The van der Waals surface area contributed by atoms with Crippen LogP contribution in [0.25, 0.3) is 0 Å². The van der Waals surface area contributed by atoms with Crippen molar-refractivity contribution in [2.24, 2.45) is 5.73 Å². The Morgan fingerprint density at radius 3 is 2.52 bits per heavy atom. The van der Waals surface area contributed by atoms with Crippen molar-refractivity contribution in [3.63, 3.8) is 0 Å². The quantitative estimate of drug-likeness (QED) is 0.815. The Kier molecular flexibility index (Phi) is 4.69. The summed E-state index contributed by atoms with van der Waals surface area (Å²) in [6.45, 7) is 2.17. The van der Waals surface area contributed by atoms with Crippen molar-refractivity contribution in [2.45, 2.75) is 25.0 Å². The minimum atomic E-state index is -0.712. The molecule has 3 N–H and O–H groups in total. The molecule has 0 aliphatic carbocycles. The molecule has 0 radical (unpaired) electrons. The number of carbonyl (C=O) groups is 2. The van der Waals surface area contributed by atoms with Crippen LogP contribution in [0.5, 0.6) is 5.75 Å². The maximum atomic E-state index is 12.1. The summed E-state index contributed by atoms with van der Waals surface area (Å²) in [6.07, 6.45) is -0.664. The van der Waals surface area contributed by atoms with Crippen LogP contribution in [-0.4, -0.2) is 36.7 Å². The Morgan fingerprint density at radius 1 is 1.43 bits per heavy atom. The van der Waals surface area contributed by atoms with E-state index in [1.807, 2.05) is 0 Å². The Balaban J connectivity index is 1.92. The summed E-state index contributed by atoms with van der Waals surface area (Å²) in [5.74, 6) is -0.268. The second-order valence-electron chi connectivity index (χ2n) is 5.12. The van der Waals surface area contributed by atoms with Crippen LogP contribution in [0, 0.1) is 0 Å². The maximum Gasteiger partial charge on any atom is 0.261 e. The summed E-state index contributed by atoms with van der Waals surface area (Å²) in [5.41, 5.74) is 4.48. The highest BCUT2D eigenvalue weighted by Crippen LogP contribution is 2.22. The zero-order valence-corrected chi connectivity index (χ0v) is 12.4. The van der Waals surface area contributed by atoms with Crippen molar-refractivity contribution in [1.29, 1.82) is 0 Å². The molecule has 1 heterocycles. The number of ether oxygens (including phenoxy) is 2. The molecule has 1 aliphatic rings. The standard InChI is InChI=1S/C14H17ClN2O4/c1-9(21-11-4-2-10(15)3-5-11)13(19)17-14(6-12(16)18)7-20-8-14/h2-5,9H,6-8H2,1H3,(H2,16,18)(H,17,19). The molecule has 1 saturated heterocycles. The van der Waals surface area contributed by atoms with E-state index in [-0.39, 0.29) is 25.5 Å². The number of hydrogen-bond donors (Lipinski definition) is 2. The van der Waals surface area contributed by atoms with Gasteiger partial charge in [0, 0.05) is 5.02 Å². The molecule has 114 valence electrons. The van der Waals surface area contributed by atoms with Crippen molar-refractivity contribution in [1.82, 2.24) is 5.32 Å². The van der Waals surface area contributed by atoms with Gasteiger partial charge in [-0.1, -0.05) is 11.6 Å². The van der Waals surface area contributed by atoms with E-state index in [9.17, 15) is 9.59 Å². The molecule has 1 aromatic rings. The molecule has 0 aromatic heterocycles. The molecule has 1 aromatic carbocycles. The minimum Gasteiger partial charge on any atom is -0.481 e. The highest BCUT2D eigenvalue weighted by atomic mass is 35.5. The third-order valence-electron chi connectivity index (χ3n) is 3.15. The average molecular weight is 313 g/mol. The first-order valence-corrected chi connectivity index (χ1v) is 6.88. The van der Waals surface area contributed by atoms with Crippen LogP contribution < -0.4 is 15.8 Å². The van der Waals surface area contributed by atoms with Gasteiger partial charge < -0.3 is 20.5 Å². The van der Waals surface area contributed by atoms with Gasteiger partial charge >= 0.3 is 0 Å². The summed E-state index contributed by atoms with van der Waals surface area (Å²) >= 11 is 5.78. The topological polar surface area (TPSA) is 90.6 Å². The normalized spacial score (nSPS) is 17.4. The largest absolute Gasteiger partial charge is 0.481 e. The van der Waals surface area contributed by atoms with Gasteiger partial charge in [-0.3, -0.25) is 9.59 Å². The molecule has 21 heavy (non-hydrogen) atoms. The Morgan fingerprint density at radius 2 is 2.05 bits per heavy atom. The molecule has 0 bridgehead atoms. The van der Waals surface area contributed by atoms with Crippen LogP contribution in [0.3, 0.4) is 0 Å². The lowest BCUT2D eigenvalue weighted by atomic mass is 9.92. The SMILES string of the molecule is CC(Oc1ccc(Cl)cc1)C(=O)NC1(CC(N)=O)COC1. The first kappa shape index (κ1) is 15.6. The van der Waals surface area contributed by atoms with Crippen LogP contribution >= 0.6 is 11.6 Å². The van der Waals surface area contributed by atoms with Crippen molar-refractivity contribution in [3.05, 3.63) is 29.3 Å². The summed E-state index contributed by atoms with van der Waals surface area (Å²) in [7, 11) is 0. The Hall–Kier alpha value is -1.79. The summed E-state index contributed by atoms with van der Waals surface area (Å²) in [4.78, 5) is 23.2. The van der Waals surface area contributed by atoms with E-state index in [4.69, 9.17) is 26.8 Å². The number of primary amides is 1. The number of nitrogens with two attached hydrogens (primary N) is 1. The fraction of sp³-hybridized carbons (Fsp3) is 0.429. The molecule has 1 unspecified atom stereocenters. The summed E-state index contributed by atoms with van der Waals surface area (Å²) < 4.78 is 10.6. The molecular formula is C14H17ClN2O4. The van der Waals surface area contributed by atoms with Crippen molar-refractivity contribution < 1.29 is 19.1 Å². The third kappa shape index (κ3) is 4.09. The van der Waals surface area contributed by atoms with Crippen LogP contribution in [0.4, 0.5) is 0 Å². The molecule has 0 saturated carbocycles. The first-order valence-electron chi connectivity index (χ1n) is 6.50. The molecule has 1 aliphatic heterocycles. The molecule has 2 amide bonds. The highest BCUT2D eigenvalue weighted by molar-refractivity contribution is 6.30. The summed E-state index contributed by atoms with van der Waals surface area (Å²) in [6, 6.07) is 6.71. The number of rotatable bonds is 6. The van der Waals surface area contributed by atoms with E-state index in [0.717, 1.165) is 0 Å². The number of hydrogen-bond acceptors (Lipinski definition) is 4. The van der Waals surface area contributed by atoms with Crippen molar-refractivity contribution >= 4 is 23.4 Å². The molecule has 7 heteroatoms. The van der Waals surface area contributed by atoms with Gasteiger partial charge in [-0.2, -0.15) is 0 Å². The van der Waals surface area contributed by atoms with E-state index in [2.05, 4.69) is 5.32 Å². The minimum absolute atomic E-state index is 0.0480. The van der Waals surface area contributed by atoms with Gasteiger partial charge in [-0.05, 0) is 31.2 Å². The second kappa shape index (κ2) is 6.32. The molecule has 0 spiro atoms. The van der Waals surface area contributed by atoms with Gasteiger partial charge in [-0.15, -0.1) is 0 Å². The van der Waals surface area contributed by atoms with Crippen LogP contribution in [0.1, 0.15) is 13.3 Å². The van der Waals surface area contributed by atoms with Gasteiger partial charge in [-0.25, -0.2) is 0 Å². The predicted octanol–water partition coefficient (Wildman–Crippen LogP) is 0.868. The second-order valence-corrected chi connectivity index (χ2v) is 5.56. The third-order valence-corrected chi connectivity index (χ3v) is 3.41. The van der Waals surface area contributed by atoms with Gasteiger partial charge in [0.2, 0.25) is 5.91 Å². The molecule has 6 nitrogen and oxygen atoms in total. The van der Waals surface area contributed by atoms with Gasteiger partial charge in [0.25, 0.3) is 5.91 Å². The van der Waals surface area contributed by atoms with Crippen LogP contribution in [-0.2, 0) is 14.3 Å². The fourth-order valence-corrected chi connectivity index (χ4v) is 2.16. The highest BCUT2D eigenvalue weighted by Gasteiger charge is 2.42. The van der Waals surface area contributed by atoms with Crippen molar-refractivity contribution in [2.75, 3.05) is 13.2 Å². The molecule has 2 rings (SSSR count). The monoisotopic (exact) mass is 312 g/mol. The lowest BCUT2D eigenvalue weighted by Gasteiger charge is -2.41. The number of carbonyl (C=O) groups excluding carboxylic acids is 2. The average Bonchev–Trinajstić information content (AvgIpc) is 2.38. The number of nitrogens with one attached hydrogen (secondary N) is 1. The lowest BCUT2D eigenvalue weighted by Crippen LogP contribution is -2.65. The van der Waals surface area contributed by atoms with Gasteiger partial charge in [0.1, 0.15) is 5.75 Å². The van der Waals surface area contributed by atoms with E-state index >= 15 is 0 Å². The molecular weight excluding hydrogens is 296 g/mol. The number of halogens is 1. The Bertz CT molecular complexity index is 528. The van der Waals surface area contributed by atoms with Gasteiger partial charge in [0.15, 0.2) is 6.10 Å². The smallest absolute Gasteiger partial charge is 0.261 e. The van der Waals surface area contributed by atoms with E-state index < -0.39 is 17.6 Å². The fourth-order valence-electron chi connectivity index (χ4n) is 2.03. The number of benzene rings is 1.